The molecule has 1 aliphatic heterocycles. The number of likely N-dealkylation sites (tertiary alicyclic amines) is 1. The number of amides is 1. The Morgan fingerprint density at radius 3 is 2.65 bits per heavy atom. The van der Waals surface area contributed by atoms with Crippen molar-refractivity contribution >= 4 is 5.91 Å². The Morgan fingerprint density at radius 1 is 1.35 bits per heavy atom. The summed E-state index contributed by atoms with van der Waals surface area (Å²) in [6.45, 7) is 11.2. The molecule has 0 unspecified atom stereocenters. The number of carbonyl (C=O) groups excluding carboxylic acids is 1. The van der Waals surface area contributed by atoms with Crippen molar-refractivity contribution in [2.24, 2.45) is 5.92 Å². The van der Waals surface area contributed by atoms with Crippen molar-refractivity contribution in [2.45, 2.75) is 65.5 Å². The summed E-state index contributed by atoms with van der Waals surface area (Å²) in [4.78, 5) is 16.6. The van der Waals surface area contributed by atoms with Gasteiger partial charge in [-0.15, -0.1) is 0 Å². The summed E-state index contributed by atoms with van der Waals surface area (Å²) < 4.78 is 2.07. The molecule has 2 heterocycles. The number of likely N-dealkylation sites (N-methyl/N-ethyl adjacent to an activating group) is 1. The Labute approximate surface area is 158 Å². The van der Waals surface area contributed by atoms with Crippen molar-refractivity contribution in [3.8, 4) is 0 Å². The molecule has 1 atom stereocenters. The predicted molar refractivity (Wildman–Crippen MR) is 104 cm³/mol. The molecule has 6 heteroatoms. The second-order valence-electron chi connectivity index (χ2n) is 8.61. The largest absolute Gasteiger partial charge is 0.387 e. The highest BCUT2D eigenvalue weighted by Gasteiger charge is 2.35. The quantitative estimate of drug-likeness (QED) is 0.804. The van der Waals surface area contributed by atoms with Crippen LogP contribution in [-0.2, 0) is 17.8 Å². The zero-order valence-corrected chi connectivity index (χ0v) is 17.4. The smallest absolute Gasteiger partial charge is 0.223 e. The molecule has 0 bridgehead atoms. The van der Waals surface area contributed by atoms with Crippen LogP contribution in [0.3, 0.4) is 0 Å². The molecular formula is C20H36N4O2. The molecule has 0 aliphatic carbocycles. The fourth-order valence-corrected chi connectivity index (χ4v) is 4.05. The number of hydrogen-bond donors (Lipinski definition) is 1. The molecule has 1 fully saturated rings. The Bertz CT molecular complexity index is 624. The van der Waals surface area contributed by atoms with Gasteiger partial charge < -0.3 is 14.9 Å². The molecule has 1 aromatic rings. The summed E-state index contributed by atoms with van der Waals surface area (Å²) >= 11 is 0. The van der Waals surface area contributed by atoms with Gasteiger partial charge in [-0.1, -0.05) is 13.8 Å². The van der Waals surface area contributed by atoms with Crippen LogP contribution in [0.15, 0.2) is 0 Å². The first kappa shape index (κ1) is 20.9. The number of hydrogen-bond acceptors (Lipinski definition) is 4. The van der Waals surface area contributed by atoms with Crippen LogP contribution < -0.4 is 0 Å². The molecule has 1 N–H and O–H groups in total. The summed E-state index contributed by atoms with van der Waals surface area (Å²) in [6, 6.07) is 0. The predicted octanol–water partition coefficient (Wildman–Crippen LogP) is 2.00. The normalized spacial score (nSPS) is 21.0. The van der Waals surface area contributed by atoms with Crippen molar-refractivity contribution in [3.05, 3.63) is 17.0 Å². The van der Waals surface area contributed by atoms with E-state index in [1.165, 1.54) is 11.3 Å². The first-order chi connectivity index (χ1) is 12.1. The van der Waals surface area contributed by atoms with E-state index in [0.717, 1.165) is 38.0 Å². The number of carbonyl (C=O) groups is 1. The van der Waals surface area contributed by atoms with Gasteiger partial charge in [-0.05, 0) is 58.7 Å². The average Bonchev–Trinajstić information content (AvgIpc) is 2.77. The minimum absolute atomic E-state index is 0.136. The van der Waals surface area contributed by atoms with Gasteiger partial charge in [0.1, 0.15) is 0 Å². The Hall–Kier alpha value is -1.40. The van der Waals surface area contributed by atoms with Gasteiger partial charge >= 0.3 is 0 Å². The highest BCUT2D eigenvalue weighted by molar-refractivity contribution is 5.76. The number of β-amino-alcohol motifs (C(OH)–C–C–N with tert-alkyl or cyclic N) is 1. The van der Waals surface area contributed by atoms with Gasteiger partial charge in [0.15, 0.2) is 0 Å². The molecule has 1 saturated heterocycles. The lowest BCUT2D eigenvalue weighted by atomic mass is 9.92. The standard InChI is InChI=1S/C20H36N4O2/c1-15(2)12-24-17(4)18(16(3)21-24)8-9-19(25)23-11-7-10-20(26,14-23)13-22(5)6/h15,26H,7-14H2,1-6H3/t20-/m0/s1. The molecule has 2 rings (SSSR count). The first-order valence-electron chi connectivity index (χ1n) is 9.79. The van der Waals surface area contributed by atoms with E-state index in [2.05, 4.69) is 30.6 Å². The fourth-order valence-electron chi connectivity index (χ4n) is 4.05. The molecule has 148 valence electrons. The van der Waals surface area contributed by atoms with Crippen LogP contribution in [0.2, 0.25) is 0 Å². The zero-order valence-electron chi connectivity index (χ0n) is 17.4. The molecule has 0 radical (unpaired) electrons. The Balaban J connectivity index is 1.97. The highest BCUT2D eigenvalue weighted by Crippen LogP contribution is 2.23. The summed E-state index contributed by atoms with van der Waals surface area (Å²) in [5.41, 5.74) is 2.61. The second kappa shape index (κ2) is 8.53. The maximum atomic E-state index is 12.7. The Kier molecular flexibility index (Phi) is 6.86. The summed E-state index contributed by atoms with van der Waals surface area (Å²) in [6.07, 6.45) is 2.82. The monoisotopic (exact) mass is 364 g/mol. The van der Waals surface area contributed by atoms with Crippen LogP contribution in [0.1, 0.15) is 50.1 Å². The van der Waals surface area contributed by atoms with Crippen molar-refractivity contribution in [3.63, 3.8) is 0 Å². The van der Waals surface area contributed by atoms with Crippen molar-refractivity contribution in [1.82, 2.24) is 19.6 Å². The fraction of sp³-hybridized carbons (Fsp3) is 0.800. The second-order valence-corrected chi connectivity index (χ2v) is 8.61. The number of aryl methyl sites for hydroxylation is 1. The minimum Gasteiger partial charge on any atom is -0.387 e. The van der Waals surface area contributed by atoms with Gasteiger partial charge in [0.2, 0.25) is 5.91 Å². The minimum atomic E-state index is -0.786. The topological polar surface area (TPSA) is 61.6 Å². The molecule has 1 aliphatic rings. The van der Waals surface area contributed by atoms with Gasteiger partial charge in [0, 0.05) is 31.7 Å². The molecule has 0 saturated carbocycles. The van der Waals surface area contributed by atoms with Crippen molar-refractivity contribution in [1.29, 1.82) is 0 Å². The number of rotatable bonds is 7. The molecule has 1 aromatic heterocycles. The highest BCUT2D eigenvalue weighted by atomic mass is 16.3. The third kappa shape index (κ3) is 5.30. The molecule has 0 aromatic carbocycles. The van der Waals surface area contributed by atoms with Crippen LogP contribution in [0, 0.1) is 19.8 Å². The van der Waals surface area contributed by atoms with E-state index in [1.54, 1.807) is 0 Å². The lowest BCUT2D eigenvalue weighted by Crippen LogP contribution is -2.54. The van der Waals surface area contributed by atoms with Crippen LogP contribution in [0.25, 0.3) is 0 Å². The molecule has 6 nitrogen and oxygen atoms in total. The summed E-state index contributed by atoms with van der Waals surface area (Å²) in [7, 11) is 3.91. The molecule has 26 heavy (non-hydrogen) atoms. The van der Waals surface area contributed by atoms with Crippen molar-refractivity contribution < 1.29 is 9.90 Å². The van der Waals surface area contributed by atoms with Gasteiger partial charge in [-0.2, -0.15) is 5.10 Å². The van der Waals surface area contributed by atoms with Crippen LogP contribution in [0.5, 0.6) is 0 Å². The van der Waals surface area contributed by atoms with Crippen molar-refractivity contribution in [2.75, 3.05) is 33.7 Å². The summed E-state index contributed by atoms with van der Waals surface area (Å²) in [5, 5.41) is 15.4. The zero-order chi connectivity index (χ0) is 19.5. The molecular weight excluding hydrogens is 328 g/mol. The van der Waals surface area contributed by atoms with Crippen LogP contribution in [0.4, 0.5) is 0 Å². The van der Waals surface area contributed by atoms with E-state index in [0.29, 0.717) is 25.4 Å². The maximum Gasteiger partial charge on any atom is 0.223 e. The van der Waals surface area contributed by atoms with Crippen LogP contribution in [-0.4, -0.2) is 69.9 Å². The number of aromatic nitrogens is 2. The van der Waals surface area contributed by atoms with E-state index in [9.17, 15) is 9.90 Å². The number of nitrogens with zero attached hydrogens (tertiary/aromatic N) is 4. The van der Waals surface area contributed by atoms with Crippen LogP contribution >= 0.6 is 0 Å². The number of piperidine rings is 1. The van der Waals surface area contributed by atoms with Gasteiger partial charge in [0.05, 0.1) is 17.8 Å². The first-order valence-corrected chi connectivity index (χ1v) is 9.79. The van der Waals surface area contributed by atoms with Gasteiger partial charge in [-0.3, -0.25) is 9.48 Å². The van der Waals surface area contributed by atoms with E-state index in [4.69, 9.17) is 0 Å². The Morgan fingerprint density at radius 2 is 2.04 bits per heavy atom. The number of aliphatic hydroxyl groups is 1. The van der Waals surface area contributed by atoms with E-state index in [-0.39, 0.29) is 5.91 Å². The lowest BCUT2D eigenvalue weighted by Gasteiger charge is -2.40. The SMILES string of the molecule is Cc1nn(CC(C)C)c(C)c1CCC(=O)N1CCC[C@](O)(CN(C)C)C1. The van der Waals surface area contributed by atoms with Gasteiger partial charge in [-0.25, -0.2) is 0 Å². The van der Waals surface area contributed by atoms with E-state index < -0.39 is 5.60 Å². The molecule has 0 spiro atoms. The molecule has 1 amide bonds. The van der Waals surface area contributed by atoms with E-state index >= 15 is 0 Å². The average molecular weight is 365 g/mol. The third-order valence-electron chi connectivity index (χ3n) is 5.18. The lowest BCUT2D eigenvalue weighted by molar-refractivity contribution is -0.139. The maximum absolute atomic E-state index is 12.7. The third-order valence-corrected chi connectivity index (χ3v) is 5.18. The van der Waals surface area contributed by atoms with E-state index in [1.807, 2.05) is 30.8 Å². The van der Waals surface area contributed by atoms with Gasteiger partial charge in [0.25, 0.3) is 0 Å². The summed E-state index contributed by atoms with van der Waals surface area (Å²) in [5.74, 6) is 0.683.